The maximum absolute atomic E-state index is 5.49. The minimum Gasteiger partial charge on any atom is -0.356 e. The van der Waals surface area contributed by atoms with Crippen LogP contribution in [0.15, 0.2) is 69.7 Å². The van der Waals surface area contributed by atoms with Crippen molar-refractivity contribution in [3.05, 3.63) is 71.8 Å². The average molecular weight is 316 g/mol. The average Bonchev–Trinajstić information content (AvgIpc) is 3.25. The van der Waals surface area contributed by atoms with Crippen molar-refractivity contribution in [1.29, 1.82) is 0 Å². The lowest BCUT2D eigenvalue weighted by atomic mass is 10.1. The van der Waals surface area contributed by atoms with Gasteiger partial charge in [0.05, 0.1) is 0 Å². The summed E-state index contributed by atoms with van der Waals surface area (Å²) < 4.78 is 11.0. The van der Waals surface area contributed by atoms with Crippen molar-refractivity contribution < 1.29 is 9.05 Å². The fourth-order valence-electron chi connectivity index (χ4n) is 2.74. The smallest absolute Gasteiger partial charge is 0.167 e. The van der Waals surface area contributed by atoms with Crippen LogP contribution in [0, 0.1) is 13.8 Å². The summed E-state index contributed by atoms with van der Waals surface area (Å²) in [7, 11) is 0. The molecule has 118 valence electrons. The van der Waals surface area contributed by atoms with Gasteiger partial charge in [0.25, 0.3) is 0 Å². The Bertz CT molecular complexity index is 916. The maximum atomic E-state index is 5.49. The zero-order chi connectivity index (χ0) is 16.5. The summed E-state index contributed by atoms with van der Waals surface area (Å²) in [6.45, 7) is 4.09. The normalized spacial score (nSPS) is 10.9. The molecule has 0 unspecified atom stereocenters. The fourth-order valence-corrected chi connectivity index (χ4v) is 2.74. The van der Waals surface area contributed by atoms with Gasteiger partial charge in [0.1, 0.15) is 11.4 Å². The molecule has 0 spiro atoms. The van der Waals surface area contributed by atoms with Crippen molar-refractivity contribution in [2.45, 2.75) is 13.8 Å². The first-order valence-corrected chi connectivity index (χ1v) is 7.78. The molecule has 4 rings (SSSR count). The van der Waals surface area contributed by atoms with Gasteiger partial charge in [-0.15, -0.1) is 0 Å². The number of benzene rings is 2. The molecule has 2 aromatic carbocycles. The third-order valence-electron chi connectivity index (χ3n) is 4.10. The number of aromatic nitrogens is 2. The minimum atomic E-state index is 0.664. The standard InChI is InChI=1S/C20H16N2O2/c1-13-7-3-5-9-15(13)19-11-17(21-23-19)18-12-20(24-22-18)16-10-6-4-8-14(16)2/h3-12H,1-2H3. The first kappa shape index (κ1) is 14.5. The number of rotatable bonds is 3. The van der Waals surface area contributed by atoms with Crippen molar-refractivity contribution >= 4 is 0 Å². The second kappa shape index (κ2) is 5.81. The van der Waals surface area contributed by atoms with E-state index >= 15 is 0 Å². The Labute approximate surface area is 139 Å². The molecule has 4 aromatic rings. The molecule has 0 aliphatic heterocycles. The molecule has 0 saturated heterocycles. The van der Waals surface area contributed by atoms with Gasteiger partial charge in [-0.2, -0.15) is 0 Å². The Balaban J connectivity index is 1.69. The van der Waals surface area contributed by atoms with E-state index in [2.05, 4.69) is 10.3 Å². The van der Waals surface area contributed by atoms with Gasteiger partial charge < -0.3 is 9.05 Å². The molecule has 0 atom stereocenters. The lowest BCUT2D eigenvalue weighted by Crippen LogP contribution is -1.79. The van der Waals surface area contributed by atoms with E-state index in [4.69, 9.17) is 9.05 Å². The van der Waals surface area contributed by atoms with Crippen molar-refractivity contribution in [1.82, 2.24) is 10.3 Å². The largest absolute Gasteiger partial charge is 0.356 e. The van der Waals surface area contributed by atoms with Crippen LogP contribution in [0.3, 0.4) is 0 Å². The molecule has 0 N–H and O–H groups in total. The van der Waals surface area contributed by atoms with Crippen LogP contribution in [-0.2, 0) is 0 Å². The van der Waals surface area contributed by atoms with Crippen LogP contribution in [0.4, 0.5) is 0 Å². The molecular formula is C20H16N2O2. The predicted molar refractivity (Wildman–Crippen MR) is 92.3 cm³/mol. The summed E-state index contributed by atoms with van der Waals surface area (Å²) >= 11 is 0. The zero-order valence-corrected chi connectivity index (χ0v) is 13.5. The van der Waals surface area contributed by atoms with Gasteiger partial charge in [-0.1, -0.05) is 58.8 Å². The third kappa shape index (κ3) is 2.52. The van der Waals surface area contributed by atoms with Crippen LogP contribution < -0.4 is 0 Å². The molecular weight excluding hydrogens is 300 g/mol. The molecule has 4 nitrogen and oxygen atoms in total. The van der Waals surface area contributed by atoms with Gasteiger partial charge >= 0.3 is 0 Å². The topological polar surface area (TPSA) is 52.1 Å². The van der Waals surface area contributed by atoms with Crippen molar-refractivity contribution in [3.8, 4) is 34.0 Å². The summed E-state index contributed by atoms with van der Waals surface area (Å²) in [5.41, 5.74) is 5.66. The van der Waals surface area contributed by atoms with Crippen LogP contribution in [-0.4, -0.2) is 10.3 Å². The van der Waals surface area contributed by atoms with Crippen LogP contribution in [0.25, 0.3) is 34.0 Å². The highest BCUT2D eigenvalue weighted by atomic mass is 16.5. The maximum Gasteiger partial charge on any atom is 0.167 e. The van der Waals surface area contributed by atoms with Gasteiger partial charge in [0, 0.05) is 23.3 Å². The van der Waals surface area contributed by atoms with Crippen molar-refractivity contribution in [2.24, 2.45) is 0 Å². The first-order chi connectivity index (χ1) is 11.7. The molecule has 24 heavy (non-hydrogen) atoms. The summed E-state index contributed by atoms with van der Waals surface area (Å²) in [6.07, 6.45) is 0. The van der Waals surface area contributed by atoms with Crippen LogP contribution in [0.1, 0.15) is 11.1 Å². The predicted octanol–water partition coefficient (Wildman–Crippen LogP) is 5.28. The number of hydrogen-bond donors (Lipinski definition) is 0. The molecule has 0 aliphatic carbocycles. The Hall–Kier alpha value is -3.14. The Morgan fingerprint density at radius 1 is 0.625 bits per heavy atom. The van der Waals surface area contributed by atoms with E-state index in [0.29, 0.717) is 11.4 Å². The highest BCUT2D eigenvalue weighted by Crippen LogP contribution is 2.30. The molecule has 2 heterocycles. The molecule has 0 fully saturated rings. The molecule has 0 amide bonds. The lowest BCUT2D eigenvalue weighted by molar-refractivity contribution is 0.424. The summed E-state index contributed by atoms with van der Waals surface area (Å²) in [6, 6.07) is 19.9. The molecule has 2 aromatic heterocycles. The van der Waals surface area contributed by atoms with Crippen LogP contribution in [0.5, 0.6) is 0 Å². The van der Waals surface area contributed by atoms with Crippen LogP contribution >= 0.6 is 0 Å². The summed E-state index contributed by atoms with van der Waals surface area (Å²) in [5.74, 6) is 1.45. The molecule has 0 bridgehead atoms. The molecule has 4 heteroatoms. The first-order valence-electron chi connectivity index (χ1n) is 7.78. The highest BCUT2D eigenvalue weighted by Gasteiger charge is 2.15. The Morgan fingerprint density at radius 2 is 1.04 bits per heavy atom. The van der Waals surface area contributed by atoms with Crippen molar-refractivity contribution in [3.63, 3.8) is 0 Å². The van der Waals surface area contributed by atoms with Crippen molar-refractivity contribution in [2.75, 3.05) is 0 Å². The van der Waals surface area contributed by atoms with Crippen LogP contribution in [0.2, 0.25) is 0 Å². The van der Waals surface area contributed by atoms with E-state index in [-0.39, 0.29) is 0 Å². The molecule has 0 aliphatic rings. The number of hydrogen-bond acceptors (Lipinski definition) is 4. The van der Waals surface area contributed by atoms with Gasteiger partial charge in [-0.3, -0.25) is 0 Å². The van der Waals surface area contributed by atoms with E-state index < -0.39 is 0 Å². The quantitative estimate of drug-likeness (QED) is 0.516. The Kier molecular flexibility index (Phi) is 3.50. The zero-order valence-electron chi connectivity index (χ0n) is 13.5. The summed E-state index contributed by atoms with van der Waals surface area (Å²) in [5, 5.41) is 8.27. The monoisotopic (exact) mass is 316 g/mol. The number of aryl methyl sites for hydroxylation is 2. The van der Waals surface area contributed by atoms with Gasteiger partial charge in [-0.05, 0) is 25.0 Å². The van der Waals surface area contributed by atoms with Gasteiger partial charge in [0.15, 0.2) is 11.5 Å². The van der Waals surface area contributed by atoms with E-state index in [1.54, 1.807) is 0 Å². The third-order valence-corrected chi connectivity index (χ3v) is 4.10. The summed E-state index contributed by atoms with van der Waals surface area (Å²) in [4.78, 5) is 0. The molecule has 0 saturated carbocycles. The fraction of sp³-hybridized carbons (Fsp3) is 0.100. The van der Waals surface area contributed by atoms with Gasteiger partial charge in [-0.25, -0.2) is 0 Å². The second-order valence-corrected chi connectivity index (χ2v) is 5.78. The van der Waals surface area contributed by atoms with E-state index in [0.717, 1.165) is 33.8 Å². The second-order valence-electron chi connectivity index (χ2n) is 5.78. The van der Waals surface area contributed by atoms with E-state index in [1.807, 2.05) is 74.5 Å². The Morgan fingerprint density at radius 3 is 1.46 bits per heavy atom. The highest BCUT2D eigenvalue weighted by molar-refractivity contribution is 5.70. The van der Waals surface area contributed by atoms with E-state index in [1.165, 1.54) is 0 Å². The lowest BCUT2D eigenvalue weighted by Gasteiger charge is -1.98. The SMILES string of the molecule is Cc1ccccc1-c1cc(-c2cc(-c3ccccc3C)on2)no1. The van der Waals surface area contributed by atoms with E-state index in [9.17, 15) is 0 Å². The molecule has 0 radical (unpaired) electrons. The van der Waals surface area contributed by atoms with Gasteiger partial charge in [0.2, 0.25) is 0 Å². The number of nitrogens with zero attached hydrogens (tertiary/aromatic N) is 2. The minimum absolute atomic E-state index is 0.664.